The van der Waals surface area contributed by atoms with Crippen molar-refractivity contribution in [2.75, 3.05) is 13.1 Å². The number of aromatic nitrogens is 2. The van der Waals surface area contributed by atoms with E-state index in [2.05, 4.69) is 9.97 Å². The monoisotopic (exact) mass is 381 g/mol. The van der Waals surface area contributed by atoms with E-state index >= 15 is 0 Å². The number of amides is 1. The number of benzene rings is 1. The van der Waals surface area contributed by atoms with Crippen molar-refractivity contribution in [3.8, 4) is 11.3 Å². The first-order valence-corrected chi connectivity index (χ1v) is 9.20. The molecular weight excluding hydrogens is 363 g/mol. The maximum Gasteiger partial charge on any atom is 0.433 e. The summed E-state index contributed by atoms with van der Waals surface area (Å²) in [6, 6.07) is 9.56. The minimum atomic E-state index is -4.58. The summed E-state index contributed by atoms with van der Waals surface area (Å²) in [5.74, 6) is -0.0882. The second-order valence-electron chi connectivity index (χ2n) is 6.08. The average Bonchev–Trinajstić information content (AvgIpc) is 3.15. The first-order valence-electron chi connectivity index (χ1n) is 8.32. The summed E-state index contributed by atoms with van der Waals surface area (Å²) < 4.78 is 39.7. The van der Waals surface area contributed by atoms with Gasteiger partial charge in [-0.15, -0.1) is 0 Å². The highest BCUT2D eigenvalue weighted by Crippen LogP contribution is 2.33. The van der Waals surface area contributed by atoms with Crippen molar-refractivity contribution in [3.05, 3.63) is 42.1 Å². The third-order valence-corrected chi connectivity index (χ3v) is 5.06. The predicted octanol–water partition coefficient (Wildman–Crippen LogP) is 4.27. The molecule has 1 aliphatic rings. The number of alkyl halides is 3. The zero-order chi connectivity index (χ0) is 18.7. The van der Waals surface area contributed by atoms with E-state index in [9.17, 15) is 18.0 Å². The van der Waals surface area contributed by atoms with Gasteiger partial charge in [-0.05, 0) is 25.8 Å². The van der Waals surface area contributed by atoms with Gasteiger partial charge in [0.1, 0.15) is 5.69 Å². The number of carbonyl (C=O) groups excluding carboxylic acids is 1. The Morgan fingerprint density at radius 3 is 2.42 bits per heavy atom. The van der Waals surface area contributed by atoms with Gasteiger partial charge in [-0.2, -0.15) is 13.2 Å². The molecule has 1 aromatic carbocycles. The molecule has 0 radical (unpaired) electrons. The van der Waals surface area contributed by atoms with Crippen molar-refractivity contribution in [2.45, 2.75) is 36.3 Å². The third-order valence-electron chi connectivity index (χ3n) is 4.11. The number of halogens is 3. The smallest absolute Gasteiger partial charge is 0.342 e. The molecular formula is C18H18F3N3OS. The summed E-state index contributed by atoms with van der Waals surface area (Å²) in [6.45, 7) is 3.07. The van der Waals surface area contributed by atoms with Crippen LogP contribution in [0.4, 0.5) is 13.2 Å². The second-order valence-corrected chi connectivity index (χ2v) is 7.39. The van der Waals surface area contributed by atoms with E-state index in [1.807, 2.05) is 0 Å². The van der Waals surface area contributed by atoms with Gasteiger partial charge in [0.25, 0.3) is 0 Å². The summed E-state index contributed by atoms with van der Waals surface area (Å²) in [4.78, 5) is 22.0. The highest BCUT2D eigenvalue weighted by Gasteiger charge is 2.34. The Labute approximate surface area is 153 Å². The zero-order valence-corrected chi connectivity index (χ0v) is 15.0. The molecule has 1 amide bonds. The molecule has 3 rings (SSSR count). The first kappa shape index (κ1) is 18.7. The Morgan fingerprint density at radius 1 is 1.15 bits per heavy atom. The number of likely N-dealkylation sites (tertiary alicyclic amines) is 1. The topological polar surface area (TPSA) is 46.1 Å². The quantitative estimate of drug-likeness (QED) is 0.586. The van der Waals surface area contributed by atoms with Crippen LogP contribution in [0.2, 0.25) is 0 Å². The van der Waals surface area contributed by atoms with Crippen molar-refractivity contribution >= 4 is 17.7 Å². The average molecular weight is 381 g/mol. The van der Waals surface area contributed by atoms with Crippen LogP contribution in [-0.4, -0.2) is 39.1 Å². The molecule has 2 heterocycles. The van der Waals surface area contributed by atoms with Crippen LogP contribution in [0.5, 0.6) is 0 Å². The molecule has 1 aliphatic heterocycles. The molecule has 0 aliphatic carbocycles. The second kappa shape index (κ2) is 7.65. The van der Waals surface area contributed by atoms with E-state index in [-0.39, 0.29) is 16.8 Å². The Morgan fingerprint density at radius 2 is 1.81 bits per heavy atom. The van der Waals surface area contributed by atoms with Crippen LogP contribution in [0, 0.1) is 0 Å². The number of rotatable bonds is 4. The molecule has 0 unspecified atom stereocenters. The van der Waals surface area contributed by atoms with Crippen LogP contribution in [0.3, 0.4) is 0 Å². The molecule has 1 aromatic heterocycles. The molecule has 138 valence electrons. The first-order chi connectivity index (χ1) is 12.3. The van der Waals surface area contributed by atoms with Gasteiger partial charge in [0.2, 0.25) is 5.91 Å². The molecule has 26 heavy (non-hydrogen) atoms. The molecule has 4 nitrogen and oxygen atoms in total. The van der Waals surface area contributed by atoms with E-state index in [0.29, 0.717) is 18.7 Å². The molecule has 2 aromatic rings. The van der Waals surface area contributed by atoms with Crippen LogP contribution in [-0.2, 0) is 11.0 Å². The Hall–Kier alpha value is -2.09. The lowest BCUT2D eigenvalue weighted by Crippen LogP contribution is -2.34. The number of hydrogen-bond donors (Lipinski definition) is 0. The van der Waals surface area contributed by atoms with Gasteiger partial charge in [0.05, 0.1) is 10.9 Å². The van der Waals surface area contributed by atoms with Crippen molar-refractivity contribution < 1.29 is 18.0 Å². The van der Waals surface area contributed by atoms with E-state index < -0.39 is 17.1 Å². The highest BCUT2D eigenvalue weighted by molar-refractivity contribution is 8.00. The fourth-order valence-corrected chi connectivity index (χ4v) is 3.65. The van der Waals surface area contributed by atoms with Gasteiger partial charge in [0, 0.05) is 18.7 Å². The van der Waals surface area contributed by atoms with Crippen molar-refractivity contribution in [1.82, 2.24) is 14.9 Å². The maximum absolute atomic E-state index is 13.2. The molecule has 0 bridgehead atoms. The van der Waals surface area contributed by atoms with E-state index in [0.717, 1.165) is 30.7 Å². The number of nitrogens with zero attached hydrogens (tertiary/aromatic N) is 3. The van der Waals surface area contributed by atoms with Gasteiger partial charge >= 0.3 is 6.18 Å². The number of thioether (sulfide) groups is 1. The summed E-state index contributed by atoms with van der Waals surface area (Å²) >= 11 is 0.964. The Bertz CT molecular complexity index is 777. The normalized spacial score (nSPS) is 15.9. The lowest BCUT2D eigenvalue weighted by molar-refractivity contribution is -0.141. The van der Waals surface area contributed by atoms with Gasteiger partial charge in [-0.3, -0.25) is 4.79 Å². The molecule has 1 fully saturated rings. The lowest BCUT2D eigenvalue weighted by atomic mass is 10.1. The maximum atomic E-state index is 13.2. The van der Waals surface area contributed by atoms with Crippen LogP contribution in [0.1, 0.15) is 25.5 Å². The van der Waals surface area contributed by atoms with Crippen molar-refractivity contribution in [3.63, 3.8) is 0 Å². The number of carbonyl (C=O) groups is 1. The molecule has 1 atom stereocenters. The van der Waals surface area contributed by atoms with Gasteiger partial charge < -0.3 is 4.90 Å². The largest absolute Gasteiger partial charge is 0.433 e. The van der Waals surface area contributed by atoms with Gasteiger partial charge in [0.15, 0.2) is 5.16 Å². The minimum Gasteiger partial charge on any atom is -0.342 e. The highest BCUT2D eigenvalue weighted by atomic mass is 32.2. The lowest BCUT2D eigenvalue weighted by Gasteiger charge is -2.19. The molecule has 8 heteroatoms. The van der Waals surface area contributed by atoms with E-state index in [1.165, 1.54) is 0 Å². The fourth-order valence-electron chi connectivity index (χ4n) is 2.78. The van der Waals surface area contributed by atoms with Crippen LogP contribution in [0.25, 0.3) is 11.3 Å². The summed E-state index contributed by atoms with van der Waals surface area (Å²) in [5.41, 5.74) is -0.244. The molecule has 0 N–H and O–H groups in total. The minimum absolute atomic E-state index is 0.0428. The summed E-state index contributed by atoms with van der Waals surface area (Å²) in [7, 11) is 0. The predicted molar refractivity (Wildman–Crippen MR) is 93.6 cm³/mol. The molecule has 0 saturated carbocycles. The Balaban J connectivity index is 1.89. The molecule has 0 spiro atoms. The third kappa shape index (κ3) is 4.35. The van der Waals surface area contributed by atoms with E-state index in [1.54, 1.807) is 42.2 Å². The summed E-state index contributed by atoms with van der Waals surface area (Å²) in [5, 5.41) is -0.584. The van der Waals surface area contributed by atoms with Gasteiger partial charge in [-0.25, -0.2) is 9.97 Å². The standard InChI is InChI=1S/C18H18F3N3OS/c1-12(16(25)24-9-5-6-10-24)26-17-22-14(13-7-3-2-4-8-13)11-15(23-17)18(19,20)21/h2-4,7-8,11-12H,5-6,9-10H2,1H3/t12-/m1/s1. The van der Waals surface area contributed by atoms with Crippen LogP contribution >= 0.6 is 11.8 Å². The SMILES string of the molecule is C[C@@H](Sc1nc(-c2ccccc2)cc(C(F)(F)F)n1)C(=O)N1CCCC1. The number of hydrogen-bond acceptors (Lipinski definition) is 4. The summed E-state index contributed by atoms with van der Waals surface area (Å²) in [6.07, 6.45) is -2.66. The van der Waals surface area contributed by atoms with Crippen molar-refractivity contribution in [2.24, 2.45) is 0 Å². The van der Waals surface area contributed by atoms with Crippen LogP contribution < -0.4 is 0 Å². The zero-order valence-electron chi connectivity index (χ0n) is 14.2. The van der Waals surface area contributed by atoms with Gasteiger partial charge in [-0.1, -0.05) is 42.1 Å². The Kier molecular flexibility index (Phi) is 5.50. The fraction of sp³-hybridized carbons (Fsp3) is 0.389. The van der Waals surface area contributed by atoms with Crippen molar-refractivity contribution in [1.29, 1.82) is 0 Å². The van der Waals surface area contributed by atoms with Crippen LogP contribution in [0.15, 0.2) is 41.6 Å². The van der Waals surface area contributed by atoms with E-state index in [4.69, 9.17) is 0 Å². The molecule has 1 saturated heterocycles.